The number of benzene rings is 1. The van der Waals surface area contributed by atoms with Crippen molar-refractivity contribution in [3.8, 4) is 0 Å². The van der Waals surface area contributed by atoms with Gasteiger partial charge in [-0.15, -0.1) is 0 Å². The summed E-state index contributed by atoms with van der Waals surface area (Å²) in [6, 6.07) is 6.28. The fraction of sp³-hybridized carbons (Fsp3) is 0.312. The maximum Gasteiger partial charge on any atom is 0.407 e. The number of hydrogen-bond acceptors (Lipinski definition) is 4. The van der Waals surface area contributed by atoms with Gasteiger partial charge in [0.1, 0.15) is 0 Å². The van der Waals surface area contributed by atoms with Gasteiger partial charge in [-0.1, -0.05) is 36.4 Å². The molecule has 0 radical (unpaired) electrons. The van der Waals surface area contributed by atoms with Crippen LogP contribution in [-0.2, 0) is 11.2 Å². The molecule has 0 aliphatic heterocycles. The fourth-order valence-corrected chi connectivity index (χ4v) is 2.08. The van der Waals surface area contributed by atoms with Gasteiger partial charge in [-0.25, -0.2) is 4.79 Å². The number of hydrogen-bond donors (Lipinski definition) is 1. The van der Waals surface area contributed by atoms with Gasteiger partial charge in [0.05, 0.1) is 11.5 Å². The number of carbonyl (C=O) groups is 1. The minimum Gasteiger partial charge on any atom is -0.449 e. The number of nitro benzene ring substituents is 1. The molecule has 116 valence electrons. The lowest BCUT2D eigenvalue weighted by atomic mass is 10.0. The number of nitro groups is 1. The van der Waals surface area contributed by atoms with E-state index in [-0.39, 0.29) is 11.6 Å². The third-order valence-electron chi connectivity index (χ3n) is 3.33. The highest BCUT2D eigenvalue weighted by Gasteiger charge is 2.09. The van der Waals surface area contributed by atoms with E-state index in [4.69, 9.17) is 4.74 Å². The van der Waals surface area contributed by atoms with Crippen LogP contribution >= 0.6 is 0 Å². The summed E-state index contributed by atoms with van der Waals surface area (Å²) >= 11 is 0. The van der Waals surface area contributed by atoms with E-state index in [0.717, 1.165) is 12.0 Å². The van der Waals surface area contributed by atoms with Crippen molar-refractivity contribution in [1.82, 2.24) is 5.32 Å². The van der Waals surface area contributed by atoms with Gasteiger partial charge >= 0.3 is 6.09 Å². The van der Waals surface area contributed by atoms with Crippen LogP contribution in [0.4, 0.5) is 10.5 Å². The minimum absolute atomic E-state index is 0.0608. The lowest BCUT2D eigenvalue weighted by Crippen LogP contribution is -2.28. The van der Waals surface area contributed by atoms with Gasteiger partial charge in [0.2, 0.25) is 0 Å². The van der Waals surface area contributed by atoms with Gasteiger partial charge in [0.25, 0.3) is 5.69 Å². The van der Waals surface area contributed by atoms with Crippen molar-refractivity contribution in [2.24, 2.45) is 5.92 Å². The van der Waals surface area contributed by atoms with Crippen LogP contribution in [0.5, 0.6) is 0 Å². The smallest absolute Gasteiger partial charge is 0.407 e. The zero-order valence-electron chi connectivity index (χ0n) is 12.1. The number of nitrogens with one attached hydrogen (secondary N) is 1. The molecule has 1 unspecified atom stereocenters. The van der Waals surface area contributed by atoms with E-state index in [1.54, 1.807) is 12.1 Å². The predicted octanol–water partition coefficient (Wildman–Crippen LogP) is 3.00. The maximum absolute atomic E-state index is 11.6. The topological polar surface area (TPSA) is 81.5 Å². The van der Waals surface area contributed by atoms with Crippen molar-refractivity contribution >= 4 is 11.8 Å². The van der Waals surface area contributed by atoms with Crippen LogP contribution < -0.4 is 5.32 Å². The van der Waals surface area contributed by atoms with Gasteiger partial charge in [-0.2, -0.15) is 0 Å². The summed E-state index contributed by atoms with van der Waals surface area (Å²) in [5.41, 5.74) is 0.983. The van der Waals surface area contributed by atoms with Crippen LogP contribution in [0.3, 0.4) is 0 Å². The van der Waals surface area contributed by atoms with Crippen molar-refractivity contribution in [1.29, 1.82) is 0 Å². The molecular formula is C16H18N2O4. The molecule has 2 rings (SSSR count). The predicted molar refractivity (Wildman–Crippen MR) is 82.5 cm³/mol. The van der Waals surface area contributed by atoms with Crippen LogP contribution in [0.25, 0.3) is 0 Å². The Balaban J connectivity index is 1.65. The molecule has 6 heteroatoms. The highest BCUT2D eigenvalue weighted by molar-refractivity contribution is 5.67. The van der Waals surface area contributed by atoms with Crippen molar-refractivity contribution < 1.29 is 14.5 Å². The zero-order valence-corrected chi connectivity index (χ0v) is 12.1. The Bertz CT molecular complexity index is 578. The number of rotatable bonds is 6. The molecule has 0 saturated carbocycles. The Morgan fingerprint density at radius 1 is 1.32 bits per heavy atom. The number of alkyl carbamates (subject to hydrolysis) is 1. The standard InChI is InChI=1S/C16H18N2O4/c19-16(22-12-14-4-2-1-3-5-14)17-11-10-13-6-8-15(9-7-13)18(20)21/h1-4,6-9,14H,5,10-12H2,(H,17,19). The van der Waals surface area contributed by atoms with Crippen LogP contribution in [-0.4, -0.2) is 24.2 Å². The van der Waals surface area contributed by atoms with Crippen molar-refractivity contribution in [2.45, 2.75) is 12.8 Å². The number of ether oxygens (including phenoxy) is 1. The van der Waals surface area contributed by atoms with Crippen molar-refractivity contribution in [3.05, 3.63) is 64.2 Å². The van der Waals surface area contributed by atoms with Gasteiger partial charge in [0.15, 0.2) is 0 Å². The molecule has 6 nitrogen and oxygen atoms in total. The molecule has 1 aromatic carbocycles. The number of carbonyl (C=O) groups excluding carboxylic acids is 1. The largest absolute Gasteiger partial charge is 0.449 e. The molecule has 0 saturated heterocycles. The third-order valence-corrected chi connectivity index (χ3v) is 3.33. The van der Waals surface area contributed by atoms with Crippen LogP contribution in [0.15, 0.2) is 48.6 Å². The highest BCUT2D eigenvalue weighted by atomic mass is 16.6. The first kappa shape index (κ1) is 15.8. The Hall–Kier alpha value is -2.63. The molecule has 22 heavy (non-hydrogen) atoms. The Morgan fingerprint density at radius 2 is 2.09 bits per heavy atom. The van der Waals surface area contributed by atoms with Crippen molar-refractivity contribution in [2.75, 3.05) is 13.2 Å². The van der Waals surface area contributed by atoms with Gasteiger partial charge in [-0.3, -0.25) is 10.1 Å². The molecule has 1 amide bonds. The summed E-state index contributed by atoms with van der Waals surface area (Å²) in [4.78, 5) is 21.7. The lowest BCUT2D eigenvalue weighted by molar-refractivity contribution is -0.384. The maximum atomic E-state index is 11.6. The highest BCUT2D eigenvalue weighted by Crippen LogP contribution is 2.12. The molecular weight excluding hydrogens is 284 g/mol. The lowest BCUT2D eigenvalue weighted by Gasteiger charge is -2.13. The zero-order chi connectivity index (χ0) is 15.8. The van der Waals surface area contributed by atoms with Crippen LogP contribution in [0, 0.1) is 16.0 Å². The monoisotopic (exact) mass is 302 g/mol. The molecule has 1 N–H and O–H groups in total. The Kier molecular flexibility index (Phi) is 5.71. The fourth-order valence-electron chi connectivity index (χ4n) is 2.08. The first-order valence-corrected chi connectivity index (χ1v) is 7.12. The summed E-state index contributed by atoms with van der Waals surface area (Å²) in [5, 5.41) is 13.2. The molecule has 1 aliphatic carbocycles. The van der Waals surface area contributed by atoms with Gasteiger partial charge in [-0.05, 0) is 18.4 Å². The second-order valence-corrected chi connectivity index (χ2v) is 5.01. The quantitative estimate of drug-likeness (QED) is 0.647. The summed E-state index contributed by atoms with van der Waals surface area (Å²) < 4.78 is 5.15. The average molecular weight is 302 g/mol. The Morgan fingerprint density at radius 3 is 2.73 bits per heavy atom. The normalized spacial score (nSPS) is 16.3. The van der Waals surface area contributed by atoms with Gasteiger partial charge < -0.3 is 10.1 Å². The van der Waals surface area contributed by atoms with E-state index >= 15 is 0 Å². The molecule has 0 bridgehead atoms. The molecule has 0 heterocycles. The Labute approximate surface area is 128 Å². The van der Waals surface area contributed by atoms with E-state index in [1.807, 2.05) is 24.3 Å². The summed E-state index contributed by atoms with van der Waals surface area (Å²) in [5.74, 6) is 0.241. The van der Waals surface area contributed by atoms with Crippen LogP contribution in [0.2, 0.25) is 0 Å². The van der Waals surface area contributed by atoms with Crippen molar-refractivity contribution in [3.63, 3.8) is 0 Å². The first-order chi connectivity index (χ1) is 10.6. The SMILES string of the molecule is O=C(NCCc1ccc([N+](=O)[O-])cc1)OCC1C=CC=CC1. The molecule has 1 aromatic rings. The average Bonchev–Trinajstić information content (AvgIpc) is 2.54. The molecule has 1 aliphatic rings. The number of allylic oxidation sites excluding steroid dienone is 3. The second kappa shape index (κ2) is 7.97. The minimum atomic E-state index is -0.440. The van der Waals surface area contributed by atoms with Crippen LogP contribution in [0.1, 0.15) is 12.0 Å². The molecule has 0 fully saturated rings. The first-order valence-electron chi connectivity index (χ1n) is 7.12. The summed E-state index contributed by atoms with van der Waals surface area (Å²) in [6.45, 7) is 0.793. The molecule has 1 atom stereocenters. The second-order valence-electron chi connectivity index (χ2n) is 5.01. The molecule has 0 aromatic heterocycles. The number of non-ortho nitro benzene ring substituents is 1. The third kappa shape index (κ3) is 5.05. The van der Waals surface area contributed by atoms with E-state index in [9.17, 15) is 14.9 Å². The van der Waals surface area contributed by atoms with E-state index in [2.05, 4.69) is 5.32 Å². The van der Waals surface area contributed by atoms with E-state index in [1.165, 1.54) is 12.1 Å². The van der Waals surface area contributed by atoms with E-state index < -0.39 is 11.0 Å². The summed E-state index contributed by atoms with van der Waals surface area (Å²) in [6.07, 6.45) is 9.02. The number of nitrogens with zero attached hydrogens (tertiary/aromatic N) is 1. The summed E-state index contributed by atoms with van der Waals surface area (Å²) in [7, 11) is 0. The van der Waals surface area contributed by atoms with E-state index in [0.29, 0.717) is 19.6 Å². The molecule has 0 spiro atoms. The van der Waals surface area contributed by atoms with Gasteiger partial charge in [0, 0.05) is 24.6 Å². The number of amides is 1.